The molecule has 0 bridgehead atoms. The first-order chi connectivity index (χ1) is 12.7. The Morgan fingerprint density at radius 3 is 2.77 bits per heavy atom. The van der Waals surface area contributed by atoms with E-state index in [1.54, 1.807) is 18.2 Å². The lowest BCUT2D eigenvalue weighted by molar-refractivity contribution is -0.121. The van der Waals surface area contributed by atoms with Crippen molar-refractivity contribution in [2.24, 2.45) is 0 Å². The van der Waals surface area contributed by atoms with Crippen molar-refractivity contribution in [3.8, 4) is 6.07 Å². The molecule has 6 heteroatoms. The monoisotopic (exact) mass is 368 g/mol. The predicted molar refractivity (Wildman–Crippen MR) is 105 cm³/mol. The van der Waals surface area contributed by atoms with E-state index >= 15 is 0 Å². The second-order valence-corrected chi connectivity index (χ2v) is 7.60. The van der Waals surface area contributed by atoms with Gasteiger partial charge in [-0.05, 0) is 43.0 Å². The van der Waals surface area contributed by atoms with Gasteiger partial charge in [-0.3, -0.25) is 9.69 Å². The Morgan fingerprint density at radius 2 is 2.08 bits per heavy atom. The zero-order chi connectivity index (χ0) is 18.4. The van der Waals surface area contributed by atoms with E-state index in [1.165, 1.54) is 4.88 Å². The van der Waals surface area contributed by atoms with E-state index < -0.39 is 0 Å². The van der Waals surface area contributed by atoms with E-state index in [-0.39, 0.29) is 11.9 Å². The van der Waals surface area contributed by atoms with Gasteiger partial charge in [-0.1, -0.05) is 12.1 Å². The molecule has 1 amide bonds. The van der Waals surface area contributed by atoms with Crippen LogP contribution in [0.4, 0.5) is 5.69 Å². The van der Waals surface area contributed by atoms with Gasteiger partial charge in [-0.2, -0.15) is 5.26 Å². The fraction of sp³-hybridized carbons (Fsp3) is 0.400. The van der Waals surface area contributed by atoms with Crippen LogP contribution in [0.15, 0.2) is 41.8 Å². The molecule has 1 unspecified atom stereocenters. The first-order valence-electron chi connectivity index (χ1n) is 8.95. The van der Waals surface area contributed by atoms with Crippen molar-refractivity contribution in [2.45, 2.75) is 19.4 Å². The smallest absolute Gasteiger partial charge is 0.241 e. The van der Waals surface area contributed by atoms with E-state index in [1.807, 2.05) is 24.3 Å². The summed E-state index contributed by atoms with van der Waals surface area (Å²) in [4.78, 5) is 18.7. The van der Waals surface area contributed by atoms with E-state index in [2.05, 4.69) is 38.7 Å². The van der Waals surface area contributed by atoms with Gasteiger partial charge in [0.2, 0.25) is 5.91 Å². The van der Waals surface area contributed by atoms with Crippen molar-refractivity contribution < 1.29 is 4.79 Å². The third-order valence-corrected chi connectivity index (χ3v) is 5.78. The van der Waals surface area contributed by atoms with E-state index in [0.717, 1.165) is 39.1 Å². The SMILES string of the molecule is CC(C(=O)Nc1cccc(C#N)c1)N1CCN(CCc2cccs2)CC1. The summed E-state index contributed by atoms with van der Waals surface area (Å²) in [6.45, 7) is 6.81. The van der Waals surface area contributed by atoms with Gasteiger partial charge in [-0.25, -0.2) is 0 Å². The third-order valence-electron chi connectivity index (χ3n) is 4.85. The number of nitriles is 1. The van der Waals surface area contributed by atoms with Gasteiger partial charge in [0.25, 0.3) is 0 Å². The molecule has 26 heavy (non-hydrogen) atoms. The summed E-state index contributed by atoms with van der Waals surface area (Å²) in [5.74, 6) is -0.0212. The zero-order valence-corrected chi connectivity index (χ0v) is 15.8. The molecule has 5 nitrogen and oxygen atoms in total. The van der Waals surface area contributed by atoms with Crippen LogP contribution in [-0.2, 0) is 11.2 Å². The average molecular weight is 369 g/mol. The van der Waals surface area contributed by atoms with E-state index in [0.29, 0.717) is 11.3 Å². The Kier molecular flexibility index (Phi) is 6.40. The number of rotatable bonds is 6. The maximum Gasteiger partial charge on any atom is 0.241 e. The summed E-state index contributed by atoms with van der Waals surface area (Å²) >= 11 is 1.81. The standard InChI is InChI=1S/C20H24N4OS/c1-16(20(25)22-18-5-2-4-17(14-18)15-21)24-11-9-23(10-12-24)8-7-19-6-3-13-26-19/h2-6,13-14,16H,7-12H2,1H3,(H,22,25). The van der Waals surface area contributed by atoms with Crippen LogP contribution in [0.2, 0.25) is 0 Å². The van der Waals surface area contributed by atoms with Crippen LogP contribution in [0.1, 0.15) is 17.4 Å². The fourth-order valence-corrected chi connectivity index (χ4v) is 3.87. The Morgan fingerprint density at radius 1 is 1.27 bits per heavy atom. The maximum atomic E-state index is 12.5. The predicted octanol–water partition coefficient (Wildman–Crippen LogP) is 2.81. The highest BCUT2D eigenvalue weighted by atomic mass is 32.1. The number of nitrogens with one attached hydrogen (secondary N) is 1. The van der Waals surface area contributed by atoms with Gasteiger partial charge in [-0.15, -0.1) is 11.3 Å². The molecular formula is C20H24N4OS. The van der Waals surface area contributed by atoms with Crippen LogP contribution in [0, 0.1) is 11.3 Å². The molecule has 1 aromatic heterocycles. The Bertz CT molecular complexity index is 760. The van der Waals surface area contributed by atoms with Crippen molar-refractivity contribution >= 4 is 22.9 Å². The van der Waals surface area contributed by atoms with Gasteiger partial charge in [0.15, 0.2) is 0 Å². The Labute approximate surface area is 158 Å². The minimum Gasteiger partial charge on any atom is -0.325 e. The van der Waals surface area contributed by atoms with Gasteiger partial charge in [0.05, 0.1) is 17.7 Å². The second-order valence-electron chi connectivity index (χ2n) is 6.56. The molecule has 1 N–H and O–H groups in total. The van der Waals surface area contributed by atoms with Crippen LogP contribution in [0.25, 0.3) is 0 Å². The molecule has 1 saturated heterocycles. The first-order valence-corrected chi connectivity index (χ1v) is 9.83. The molecule has 2 heterocycles. The number of benzene rings is 1. The van der Waals surface area contributed by atoms with Crippen molar-refractivity contribution in [3.63, 3.8) is 0 Å². The number of hydrogen-bond donors (Lipinski definition) is 1. The lowest BCUT2D eigenvalue weighted by atomic mass is 10.2. The van der Waals surface area contributed by atoms with Gasteiger partial charge < -0.3 is 10.2 Å². The summed E-state index contributed by atoms with van der Waals surface area (Å²) in [7, 11) is 0. The van der Waals surface area contributed by atoms with Crippen molar-refractivity contribution in [1.29, 1.82) is 5.26 Å². The molecule has 0 aliphatic carbocycles. The van der Waals surface area contributed by atoms with Crippen molar-refractivity contribution in [3.05, 3.63) is 52.2 Å². The van der Waals surface area contributed by atoms with Crippen molar-refractivity contribution in [1.82, 2.24) is 9.80 Å². The molecule has 1 aromatic carbocycles. The number of thiophene rings is 1. The summed E-state index contributed by atoms with van der Waals surface area (Å²) in [6.07, 6.45) is 1.10. The average Bonchev–Trinajstić information content (AvgIpc) is 3.20. The Balaban J connectivity index is 1.45. The number of amides is 1. The summed E-state index contributed by atoms with van der Waals surface area (Å²) in [5.41, 5.74) is 1.23. The molecule has 1 fully saturated rings. The lowest BCUT2D eigenvalue weighted by Gasteiger charge is -2.37. The molecule has 136 valence electrons. The van der Waals surface area contributed by atoms with Gasteiger partial charge in [0.1, 0.15) is 0 Å². The van der Waals surface area contributed by atoms with E-state index in [4.69, 9.17) is 5.26 Å². The number of nitrogens with zero attached hydrogens (tertiary/aromatic N) is 3. The lowest BCUT2D eigenvalue weighted by Crippen LogP contribution is -2.53. The summed E-state index contributed by atoms with van der Waals surface area (Å²) in [5, 5.41) is 14.0. The molecular weight excluding hydrogens is 344 g/mol. The Hall–Kier alpha value is -2.20. The zero-order valence-electron chi connectivity index (χ0n) is 15.0. The topological polar surface area (TPSA) is 59.4 Å². The van der Waals surface area contributed by atoms with Crippen LogP contribution in [-0.4, -0.2) is 54.5 Å². The number of anilines is 1. The number of carbonyl (C=O) groups is 1. The summed E-state index contributed by atoms with van der Waals surface area (Å²) in [6, 6.07) is 13.2. The highest BCUT2D eigenvalue weighted by Crippen LogP contribution is 2.14. The molecule has 1 aliphatic heterocycles. The molecule has 0 spiro atoms. The summed E-state index contributed by atoms with van der Waals surface area (Å²) < 4.78 is 0. The number of hydrogen-bond acceptors (Lipinski definition) is 5. The van der Waals surface area contributed by atoms with E-state index in [9.17, 15) is 4.79 Å². The van der Waals surface area contributed by atoms with Gasteiger partial charge >= 0.3 is 0 Å². The highest BCUT2D eigenvalue weighted by Gasteiger charge is 2.25. The van der Waals surface area contributed by atoms with Gasteiger partial charge in [0, 0.05) is 43.3 Å². The fourth-order valence-electron chi connectivity index (χ4n) is 3.18. The molecule has 1 aliphatic rings. The van der Waals surface area contributed by atoms with Crippen LogP contribution in [0.5, 0.6) is 0 Å². The molecule has 3 rings (SSSR count). The molecule has 1 atom stereocenters. The first kappa shape index (κ1) is 18.6. The normalized spacial score (nSPS) is 16.8. The van der Waals surface area contributed by atoms with Crippen LogP contribution in [0.3, 0.4) is 0 Å². The highest BCUT2D eigenvalue weighted by molar-refractivity contribution is 7.09. The third kappa shape index (κ3) is 4.92. The minimum atomic E-state index is -0.180. The molecule has 0 saturated carbocycles. The van der Waals surface area contributed by atoms with Crippen LogP contribution >= 0.6 is 11.3 Å². The minimum absolute atomic E-state index is 0.0212. The second kappa shape index (κ2) is 8.95. The largest absolute Gasteiger partial charge is 0.325 e. The van der Waals surface area contributed by atoms with Crippen LogP contribution < -0.4 is 5.32 Å². The van der Waals surface area contributed by atoms with Crippen molar-refractivity contribution in [2.75, 3.05) is 38.0 Å². The maximum absolute atomic E-state index is 12.5. The number of piperazine rings is 1. The molecule has 2 aromatic rings. The number of carbonyl (C=O) groups excluding carboxylic acids is 1. The quantitative estimate of drug-likeness (QED) is 0.852. The molecule has 0 radical (unpaired) electrons.